The lowest BCUT2D eigenvalue weighted by Crippen LogP contribution is -2.20. The molecule has 0 spiro atoms. The van der Waals surface area contributed by atoms with Crippen molar-refractivity contribution in [3.63, 3.8) is 0 Å². The number of hydrogen-bond acceptors (Lipinski definition) is 5. The van der Waals surface area contributed by atoms with Crippen LogP contribution in [0.5, 0.6) is 11.5 Å². The van der Waals surface area contributed by atoms with E-state index in [9.17, 15) is 9.90 Å². The lowest BCUT2D eigenvalue weighted by Gasteiger charge is -2.27. The van der Waals surface area contributed by atoms with Crippen molar-refractivity contribution in [2.24, 2.45) is 0 Å². The zero-order valence-corrected chi connectivity index (χ0v) is 17.3. The summed E-state index contributed by atoms with van der Waals surface area (Å²) in [5.41, 5.74) is 2.44. The minimum atomic E-state index is -0.957. The average Bonchev–Trinajstić information content (AvgIpc) is 2.74. The van der Waals surface area contributed by atoms with Gasteiger partial charge in [0.2, 0.25) is 0 Å². The highest BCUT2D eigenvalue weighted by atomic mass is 32.2. The van der Waals surface area contributed by atoms with E-state index in [1.807, 2.05) is 42.5 Å². The fourth-order valence-electron chi connectivity index (χ4n) is 3.69. The quantitative estimate of drug-likeness (QED) is 0.537. The zero-order valence-electron chi connectivity index (χ0n) is 16.5. The molecule has 0 saturated carbocycles. The normalized spacial score (nSPS) is 16.7. The number of carboxylic acids is 1. The highest BCUT2D eigenvalue weighted by Gasteiger charge is 2.23. The summed E-state index contributed by atoms with van der Waals surface area (Å²) in [6, 6.07) is 15.5. The minimum Gasteiger partial charge on any atom is -0.491 e. The third-order valence-corrected chi connectivity index (χ3v) is 6.19. The van der Waals surface area contributed by atoms with E-state index in [4.69, 9.17) is 14.6 Å². The van der Waals surface area contributed by atoms with Crippen LogP contribution in [0, 0.1) is 0 Å². The van der Waals surface area contributed by atoms with Gasteiger partial charge >= 0.3 is 5.97 Å². The number of carboxylic acid groups (broad SMARTS) is 1. The molecule has 2 aromatic rings. The van der Waals surface area contributed by atoms with Crippen LogP contribution >= 0.6 is 11.8 Å². The molecule has 5 nitrogen and oxygen atoms in total. The standard InChI is InChI=1S/C23H28O5S/c24-18(14-27-19-7-2-1-3-8-19)16-29-13-12-17-6-4-10-21-20(17)9-5-11-22(21)28-15-23(25)26/h1-3,5,7-9,11,17-18,24H,4,6,10,12-16H2,(H,25,26). The van der Waals surface area contributed by atoms with Crippen molar-refractivity contribution in [1.82, 2.24) is 0 Å². The maximum absolute atomic E-state index is 10.8. The molecule has 0 aliphatic heterocycles. The number of hydrogen-bond donors (Lipinski definition) is 2. The van der Waals surface area contributed by atoms with Gasteiger partial charge in [0.15, 0.2) is 6.61 Å². The van der Waals surface area contributed by atoms with E-state index in [1.54, 1.807) is 11.8 Å². The Bertz CT molecular complexity index is 780. The molecular formula is C23H28O5S. The first-order valence-electron chi connectivity index (χ1n) is 10.0. The van der Waals surface area contributed by atoms with E-state index in [2.05, 4.69) is 6.07 Å². The van der Waals surface area contributed by atoms with Crippen LogP contribution < -0.4 is 9.47 Å². The summed E-state index contributed by atoms with van der Waals surface area (Å²) in [6.45, 7) is -0.00648. The lowest BCUT2D eigenvalue weighted by atomic mass is 9.81. The largest absolute Gasteiger partial charge is 0.491 e. The van der Waals surface area contributed by atoms with Gasteiger partial charge in [-0.25, -0.2) is 4.79 Å². The van der Waals surface area contributed by atoms with Gasteiger partial charge < -0.3 is 19.7 Å². The maximum atomic E-state index is 10.8. The number of aliphatic carboxylic acids is 1. The van der Waals surface area contributed by atoms with Crippen LogP contribution in [0.1, 0.15) is 36.3 Å². The van der Waals surface area contributed by atoms with Gasteiger partial charge in [0.25, 0.3) is 0 Å². The number of benzene rings is 2. The third-order valence-electron chi connectivity index (χ3n) is 5.05. The highest BCUT2D eigenvalue weighted by Crippen LogP contribution is 2.39. The Morgan fingerprint density at radius 2 is 1.97 bits per heavy atom. The molecule has 0 aromatic heterocycles. The topological polar surface area (TPSA) is 76.0 Å². The van der Waals surface area contributed by atoms with Gasteiger partial charge in [-0.1, -0.05) is 30.3 Å². The Hall–Kier alpha value is -2.18. The van der Waals surface area contributed by atoms with Crippen molar-refractivity contribution in [3.8, 4) is 11.5 Å². The smallest absolute Gasteiger partial charge is 0.341 e. The van der Waals surface area contributed by atoms with Crippen molar-refractivity contribution in [2.45, 2.75) is 37.7 Å². The van der Waals surface area contributed by atoms with Crippen LogP contribution in [0.25, 0.3) is 0 Å². The monoisotopic (exact) mass is 416 g/mol. The summed E-state index contributed by atoms with van der Waals surface area (Å²) < 4.78 is 11.1. The van der Waals surface area contributed by atoms with Gasteiger partial charge in [0.1, 0.15) is 18.1 Å². The Morgan fingerprint density at radius 3 is 2.76 bits per heavy atom. The predicted octanol–water partition coefficient (Wildman–Crippen LogP) is 4.13. The van der Waals surface area contributed by atoms with Crippen molar-refractivity contribution >= 4 is 17.7 Å². The number of thioether (sulfide) groups is 1. The molecule has 1 aliphatic carbocycles. The van der Waals surface area contributed by atoms with Gasteiger partial charge in [-0.05, 0) is 66.7 Å². The number of rotatable bonds is 11. The number of para-hydroxylation sites is 1. The Balaban J connectivity index is 1.43. The lowest BCUT2D eigenvalue weighted by molar-refractivity contribution is -0.139. The molecule has 156 valence electrons. The molecule has 0 bridgehead atoms. The van der Waals surface area contributed by atoms with Gasteiger partial charge in [0.05, 0.1) is 6.10 Å². The number of carbonyl (C=O) groups is 1. The van der Waals surface area contributed by atoms with Crippen LogP contribution in [0.2, 0.25) is 0 Å². The number of ether oxygens (including phenoxy) is 2. The zero-order chi connectivity index (χ0) is 20.5. The molecule has 1 aliphatic rings. The van der Waals surface area contributed by atoms with Crippen molar-refractivity contribution < 1.29 is 24.5 Å². The molecule has 2 N–H and O–H groups in total. The van der Waals surface area contributed by atoms with Crippen LogP contribution in [0.3, 0.4) is 0 Å². The fraction of sp³-hybridized carbons (Fsp3) is 0.435. The molecule has 29 heavy (non-hydrogen) atoms. The molecule has 0 fully saturated rings. The van der Waals surface area contributed by atoms with Gasteiger partial charge in [0, 0.05) is 5.75 Å². The molecule has 2 aromatic carbocycles. The highest BCUT2D eigenvalue weighted by molar-refractivity contribution is 7.99. The molecule has 0 heterocycles. The molecule has 2 atom stereocenters. The molecule has 0 radical (unpaired) electrons. The second-order valence-electron chi connectivity index (χ2n) is 7.24. The predicted molar refractivity (Wildman–Crippen MR) is 115 cm³/mol. The summed E-state index contributed by atoms with van der Waals surface area (Å²) in [7, 11) is 0. The third kappa shape index (κ3) is 6.68. The van der Waals surface area contributed by atoms with Crippen molar-refractivity contribution in [1.29, 1.82) is 0 Å². The summed E-state index contributed by atoms with van der Waals surface area (Å²) in [4.78, 5) is 10.8. The summed E-state index contributed by atoms with van der Waals surface area (Å²) in [5.74, 6) is 2.59. The second kappa shape index (κ2) is 11.1. The van der Waals surface area contributed by atoms with E-state index in [0.717, 1.165) is 42.7 Å². The van der Waals surface area contributed by atoms with Crippen LogP contribution in [-0.2, 0) is 11.2 Å². The maximum Gasteiger partial charge on any atom is 0.341 e. The number of aliphatic hydroxyl groups is 1. The minimum absolute atomic E-state index is 0.299. The van der Waals surface area contributed by atoms with Gasteiger partial charge in [-0.15, -0.1) is 0 Å². The van der Waals surface area contributed by atoms with Crippen LogP contribution in [0.4, 0.5) is 0 Å². The van der Waals surface area contributed by atoms with Crippen molar-refractivity contribution in [3.05, 3.63) is 59.7 Å². The summed E-state index contributed by atoms with van der Waals surface area (Å²) >= 11 is 1.74. The Morgan fingerprint density at radius 1 is 1.14 bits per heavy atom. The fourth-order valence-corrected chi connectivity index (χ4v) is 4.68. The second-order valence-corrected chi connectivity index (χ2v) is 8.39. The van der Waals surface area contributed by atoms with E-state index in [1.165, 1.54) is 5.56 Å². The van der Waals surface area contributed by atoms with Gasteiger partial charge in [-0.3, -0.25) is 0 Å². The Labute approximate surface area is 176 Å². The van der Waals surface area contributed by atoms with Crippen LogP contribution in [0.15, 0.2) is 48.5 Å². The molecule has 2 unspecified atom stereocenters. The molecule has 0 amide bonds. The molecular weight excluding hydrogens is 388 g/mol. The van der Waals surface area contributed by atoms with Crippen molar-refractivity contribution in [2.75, 3.05) is 24.7 Å². The summed E-state index contributed by atoms with van der Waals surface area (Å²) in [6.07, 6.45) is 3.70. The van der Waals surface area contributed by atoms with Gasteiger partial charge in [-0.2, -0.15) is 11.8 Å². The van der Waals surface area contributed by atoms with Crippen LogP contribution in [-0.4, -0.2) is 47.0 Å². The summed E-state index contributed by atoms with van der Waals surface area (Å²) in [5, 5.41) is 19.0. The van der Waals surface area contributed by atoms with E-state index in [0.29, 0.717) is 24.0 Å². The Kier molecular flexibility index (Phi) is 8.25. The molecule has 6 heteroatoms. The number of aliphatic hydroxyl groups excluding tert-OH is 1. The molecule has 0 saturated heterocycles. The van der Waals surface area contributed by atoms with E-state index < -0.39 is 12.1 Å². The SMILES string of the molecule is O=C(O)COc1cccc2c1CCCC2CCSCC(O)COc1ccccc1. The average molecular weight is 417 g/mol. The molecule has 3 rings (SSSR count). The first kappa shape index (κ1) is 21.5. The van der Waals surface area contributed by atoms with E-state index in [-0.39, 0.29) is 6.61 Å². The van der Waals surface area contributed by atoms with E-state index >= 15 is 0 Å². The first-order chi connectivity index (χ1) is 14.1. The number of fused-ring (bicyclic) bond motifs is 1. The first-order valence-corrected chi connectivity index (χ1v) is 11.2.